The fourth-order valence-electron chi connectivity index (χ4n) is 5.89. The van der Waals surface area contributed by atoms with E-state index in [1.807, 2.05) is 35.2 Å². The summed E-state index contributed by atoms with van der Waals surface area (Å²) >= 11 is 0. The van der Waals surface area contributed by atoms with Crippen molar-refractivity contribution in [2.75, 3.05) is 13.1 Å². The fraction of sp³-hybridized carbons (Fsp3) is 0.517. The largest absolute Gasteiger partial charge is 0.487 e. The summed E-state index contributed by atoms with van der Waals surface area (Å²) in [6, 6.07) is 15.2. The Morgan fingerprint density at radius 3 is 2.75 bits per heavy atom. The minimum atomic E-state index is -0.661. The van der Waals surface area contributed by atoms with Crippen LogP contribution >= 0.6 is 0 Å². The summed E-state index contributed by atoms with van der Waals surface area (Å²) in [6.45, 7) is 9.46. The van der Waals surface area contributed by atoms with Crippen molar-refractivity contribution < 1.29 is 23.8 Å². The number of carbonyl (C=O) groups is 2. The maximum Gasteiger partial charge on any atom is 0.408 e. The predicted molar refractivity (Wildman–Crippen MR) is 136 cm³/mol. The van der Waals surface area contributed by atoms with Gasteiger partial charge in [-0.05, 0) is 57.7 Å². The van der Waals surface area contributed by atoms with Crippen LogP contribution in [0.1, 0.15) is 56.4 Å². The van der Waals surface area contributed by atoms with Crippen molar-refractivity contribution in [1.29, 1.82) is 0 Å². The molecule has 3 aliphatic heterocycles. The van der Waals surface area contributed by atoms with Gasteiger partial charge in [0.25, 0.3) is 0 Å². The van der Waals surface area contributed by atoms with Crippen LogP contribution in [0.3, 0.4) is 0 Å². The number of aryl methyl sites for hydroxylation is 1. The van der Waals surface area contributed by atoms with Crippen LogP contribution in [0.2, 0.25) is 0 Å². The van der Waals surface area contributed by atoms with E-state index in [4.69, 9.17) is 14.2 Å². The Labute approximate surface area is 213 Å². The fourth-order valence-corrected chi connectivity index (χ4v) is 5.89. The van der Waals surface area contributed by atoms with Crippen LogP contribution in [-0.4, -0.2) is 47.7 Å². The Bertz CT molecular complexity index is 1120. The van der Waals surface area contributed by atoms with Gasteiger partial charge in [0.05, 0.1) is 12.2 Å². The van der Waals surface area contributed by atoms with Crippen LogP contribution in [0, 0.1) is 18.8 Å². The van der Waals surface area contributed by atoms with Crippen LogP contribution in [0.25, 0.3) is 0 Å². The number of rotatable bonds is 4. The first-order valence-electron chi connectivity index (χ1n) is 12.9. The van der Waals surface area contributed by atoms with Gasteiger partial charge in [0.2, 0.25) is 5.91 Å². The first-order valence-corrected chi connectivity index (χ1v) is 12.9. The molecule has 7 nitrogen and oxygen atoms in total. The second-order valence-corrected chi connectivity index (χ2v) is 10.9. The number of nitrogens with zero attached hydrogens (tertiary/aromatic N) is 1. The van der Waals surface area contributed by atoms with Crippen molar-refractivity contribution in [1.82, 2.24) is 10.2 Å². The first kappa shape index (κ1) is 24.6. The molecule has 2 amide bonds. The lowest BCUT2D eigenvalue weighted by Crippen LogP contribution is -2.57. The summed E-state index contributed by atoms with van der Waals surface area (Å²) in [5.41, 5.74) is 2.85. The highest BCUT2D eigenvalue weighted by Gasteiger charge is 2.51. The van der Waals surface area contributed by atoms with Gasteiger partial charge in [-0.25, -0.2) is 4.79 Å². The molecule has 36 heavy (non-hydrogen) atoms. The van der Waals surface area contributed by atoms with Crippen LogP contribution < -0.4 is 10.1 Å². The summed E-state index contributed by atoms with van der Waals surface area (Å²) in [7, 11) is 0. The zero-order valence-electron chi connectivity index (χ0n) is 21.5. The second-order valence-electron chi connectivity index (χ2n) is 10.9. The molecule has 2 aromatic rings. The lowest BCUT2D eigenvalue weighted by molar-refractivity contribution is -0.189. The number of carbonyl (C=O) groups excluding carboxylic acids is 2. The summed E-state index contributed by atoms with van der Waals surface area (Å²) in [6.07, 6.45) is 1.24. The molecule has 0 unspecified atom stereocenters. The van der Waals surface area contributed by atoms with Crippen molar-refractivity contribution in [3.8, 4) is 5.75 Å². The van der Waals surface area contributed by atoms with Crippen LogP contribution in [0.4, 0.5) is 4.79 Å². The molecule has 5 rings (SSSR count). The zero-order valence-corrected chi connectivity index (χ0v) is 21.5. The van der Waals surface area contributed by atoms with Gasteiger partial charge in [-0.15, -0.1) is 0 Å². The molecular weight excluding hydrogens is 456 g/mol. The Hall–Kier alpha value is -3.06. The monoisotopic (exact) mass is 492 g/mol. The summed E-state index contributed by atoms with van der Waals surface area (Å²) < 4.78 is 18.4. The van der Waals surface area contributed by atoms with Gasteiger partial charge < -0.3 is 24.4 Å². The number of ether oxygens (including phenoxy) is 3. The van der Waals surface area contributed by atoms with Crippen molar-refractivity contribution >= 4 is 12.0 Å². The normalized spacial score (nSPS) is 26.9. The SMILES string of the molecule is Cc1ccc2c(c1)OC(C)(C)[C@@H]1C[C@H]3CN(C(=O)[C@H](C)NC(=O)OCc4ccccc4)CC[C@H]3O[C@@H]21. The Balaban J connectivity index is 1.19. The molecule has 0 bridgehead atoms. The van der Waals surface area contributed by atoms with Crippen LogP contribution in [0.5, 0.6) is 5.75 Å². The molecule has 2 saturated heterocycles. The van der Waals surface area contributed by atoms with Gasteiger partial charge >= 0.3 is 6.09 Å². The van der Waals surface area contributed by atoms with E-state index in [1.165, 1.54) is 5.56 Å². The van der Waals surface area contributed by atoms with Gasteiger partial charge in [-0.1, -0.05) is 42.5 Å². The first-order chi connectivity index (χ1) is 17.2. The molecule has 5 atom stereocenters. The number of amides is 2. The molecule has 0 radical (unpaired) electrons. The maximum atomic E-state index is 13.2. The number of alkyl carbamates (subject to hydrolysis) is 1. The number of hydrogen-bond donors (Lipinski definition) is 1. The molecule has 0 aliphatic carbocycles. The number of benzene rings is 2. The molecule has 1 N–H and O–H groups in total. The van der Waals surface area contributed by atoms with Crippen LogP contribution in [0.15, 0.2) is 48.5 Å². The highest BCUT2D eigenvalue weighted by atomic mass is 16.5. The summed E-state index contributed by atoms with van der Waals surface area (Å²) in [4.78, 5) is 27.3. The molecular formula is C29H36N2O5. The zero-order chi connectivity index (χ0) is 25.4. The van der Waals surface area contributed by atoms with E-state index in [0.717, 1.165) is 29.7 Å². The third kappa shape index (κ3) is 4.94. The van der Waals surface area contributed by atoms with E-state index in [9.17, 15) is 9.59 Å². The minimum Gasteiger partial charge on any atom is -0.487 e. The lowest BCUT2D eigenvalue weighted by atomic mass is 9.70. The molecule has 2 aromatic carbocycles. The smallest absolute Gasteiger partial charge is 0.408 e. The topological polar surface area (TPSA) is 77.1 Å². The second kappa shape index (κ2) is 9.77. The molecule has 2 fully saturated rings. The quantitative estimate of drug-likeness (QED) is 0.665. The summed E-state index contributed by atoms with van der Waals surface area (Å²) in [5, 5.41) is 2.69. The highest BCUT2D eigenvalue weighted by molar-refractivity contribution is 5.85. The molecule has 7 heteroatoms. The van der Waals surface area contributed by atoms with Gasteiger partial charge in [0.1, 0.15) is 24.0 Å². The number of fused-ring (bicyclic) bond motifs is 4. The highest BCUT2D eigenvalue weighted by Crippen LogP contribution is 2.53. The van der Waals surface area contributed by atoms with Gasteiger partial charge in [0, 0.05) is 30.5 Å². The average Bonchev–Trinajstić information content (AvgIpc) is 2.86. The standard InChI is InChI=1S/C29H36N2O5/c1-18-10-11-22-25(14-18)36-29(3,4)23-15-21-16-31(13-12-24(21)35-26(22)23)27(32)19(2)30-28(33)34-17-20-8-6-5-7-9-20/h5-11,14,19,21,23-24,26H,12-13,15-17H2,1-4H3,(H,30,33)/t19-,21-,23+,24+,26-/m0/s1. The Morgan fingerprint density at radius 2 is 1.97 bits per heavy atom. The number of nitrogens with one attached hydrogen (secondary N) is 1. The minimum absolute atomic E-state index is 0.00725. The molecule has 0 aromatic heterocycles. The van der Waals surface area contributed by atoms with E-state index in [0.29, 0.717) is 13.1 Å². The average molecular weight is 493 g/mol. The molecule has 0 saturated carbocycles. The Kier molecular flexibility index (Phi) is 6.68. The maximum absolute atomic E-state index is 13.2. The van der Waals surface area contributed by atoms with Crippen molar-refractivity contribution in [2.24, 2.45) is 11.8 Å². The van der Waals surface area contributed by atoms with Crippen molar-refractivity contribution in [3.63, 3.8) is 0 Å². The number of likely N-dealkylation sites (tertiary alicyclic amines) is 1. The van der Waals surface area contributed by atoms with Gasteiger partial charge in [0.15, 0.2) is 0 Å². The van der Waals surface area contributed by atoms with E-state index >= 15 is 0 Å². The third-order valence-electron chi connectivity index (χ3n) is 7.88. The Morgan fingerprint density at radius 1 is 1.19 bits per heavy atom. The lowest BCUT2D eigenvalue weighted by Gasteiger charge is -2.53. The molecule has 3 aliphatic rings. The van der Waals surface area contributed by atoms with E-state index < -0.39 is 12.1 Å². The number of hydrogen-bond acceptors (Lipinski definition) is 5. The molecule has 192 valence electrons. The van der Waals surface area contributed by atoms with E-state index in [2.05, 4.69) is 44.3 Å². The molecule has 0 spiro atoms. The van der Waals surface area contributed by atoms with Crippen molar-refractivity contribution in [2.45, 2.75) is 71.0 Å². The van der Waals surface area contributed by atoms with Crippen molar-refractivity contribution in [3.05, 3.63) is 65.2 Å². The molecule has 3 heterocycles. The summed E-state index contributed by atoms with van der Waals surface area (Å²) in [5.74, 6) is 1.27. The van der Waals surface area contributed by atoms with Crippen LogP contribution in [-0.2, 0) is 20.9 Å². The van der Waals surface area contributed by atoms with Gasteiger partial charge in [-0.2, -0.15) is 0 Å². The number of piperidine rings is 1. The van der Waals surface area contributed by atoms with Gasteiger partial charge in [-0.3, -0.25) is 4.79 Å². The van der Waals surface area contributed by atoms with E-state index in [1.54, 1.807) is 6.92 Å². The predicted octanol–water partition coefficient (Wildman–Crippen LogP) is 4.78. The van der Waals surface area contributed by atoms with E-state index in [-0.39, 0.29) is 42.2 Å². The third-order valence-corrected chi connectivity index (χ3v) is 7.88.